The number of sulfonamides is 1. The summed E-state index contributed by atoms with van der Waals surface area (Å²) < 4.78 is 32.9. The molecule has 1 saturated heterocycles. The van der Waals surface area contributed by atoms with Crippen molar-refractivity contribution in [3.8, 4) is 0 Å². The molecular formula is C11H14BrClN2O3S. The van der Waals surface area contributed by atoms with Crippen molar-refractivity contribution in [3.63, 3.8) is 0 Å². The second-order valence-corrected chi connectivity index (χ2v) is 7.43. The average Bonchev–Trinajstić information content (AvgIpc) is 2.75. The summed E-state index contributed by atoms with van der Waals surface area (Å²) in [5.41, 5.74) is 0. The van der Waals surface area contributed by atoms with Gasteiger partial charge in [0.2, 0.25) is 10.0 Å². The highest BCUT2D eigenvalue weighted by Gasteiger charge is 2.27. The highest BCUT2D eigenvalue weighted by molar-refractivity contribution is 9.10. The molecule has 8 heteroatoms. The molecule has 0 radical (unpaired) electrons. The second-order valence-electron chi connectivity index (χ2n) is 4.42. The number of hydrogen-bond donors (Lipinski definition) is 1. The fourth-order valence-corrected chi connectivity index (χ4v) is 3.97. The minimum Gasteiger partial charge on any atom is -0.378 e. The second kappa shape index (κ2) is 6.05. The van der Waals surface area contributed by atoms with Crippen LogP contribution in [0.5, 0.6) is 0 Å². The topological polar surface area (TPSA) is 68.3 Å². The maximum absolute atomic E-state index is 12.2. The summed E-state index contributed by atoms with van der Waals surface area (Å²) in [7, 11) is -3.65. The lowest BCUT2D eigenvalue weighted by Crippen LogP contribution is -2.32. The first-order valence-corrected chi connectivity index (χ1v) is 8.48. The van der Waals surface area contributed by atoms with Crippen molar-refractivity contribution >= 4 is 37.6 Å². The van der Waals surface area contributed by atoms with Gasteiger partial charge in [0, 0.05) is 29.7 Å². The molecule has 1 fully saturated rings. The van der Waals surface area contributed by atoms with E-state index in [-0.39, 0.29) is 22.1 Å². The molecule has 1 N–H and O–H groups in total. The largest absolute Gasteiger partial charge is 0.378 e. The van der Waals surface area contributed by atoms with Crippen LogP contribution in [0.25, 0.3) is 0 Å². The van der Waals surface area contributed by atoms with Crippen LogP contribution in [0.1, 0.15) is 13.3 Å². The van der Waals surface area contributed by atoms with Crippen LogP contribution in [-0.4, -0.2) is 32.7 Å². The third kappa shape index (κ3) is 3.66. The van der Waals surface area contributed by atoms with Crippen LogP contribution in [0.2, 0.25) is 5.15 Å². The molecule has 0 saturated carbocycles. The number of aromatic nitrogens is 1. The van der Waals surface area contributed by atoms with Crippen LogP contribution in [0.3, 0.4) is 0 Å². The predicted octanol–water partition coefficient (Wildman–Crippen LogP) is 2.20. The zero-order valence-electron chi connectivity index (χ0n) is 10.3. The first-order valence-electron chi connectivity index (χ1n) is 5.82. The number of rotatable bonds is 4. The number of nitrogens with zero attached hydrogens (tertiary/aromatic N) is 1. The normalized spacial score (nSPS) is 23.7. The molecule has 2 atom stereocenters. The van der Waals surface area contributed by atoms with Gasteiger partial charge in [0.15, 0.2) is 0 Å². The highest BCUT2D eigenvalue weighted by atomic mass is 79.9. The Bertz CT molecular complexity index is 567. The number of pyridine rings is 1. The number of ether oxygens (including phenoxy) is 1. The van der Waals surface area contributed by atoms with E-state index in [0.717, 1.165) is 6.42 Å². The zero-order valence-corrected chi connectivity index (χ0v) is 13.4. The third-order valence-corrected chi connectivity index (χ3v) is 5.42. The van der Waals surface area contributed by atoms with Gasteiger partial charge in [-0.05, 0) is 35.3 Å². The van der Waals surface area contributed by atoms with Crippen LogP contribution in [0.4, 0.5) is 0 Å². The summed E-state index contributed by atoms with van der Waals surface area (Å²) in [6, 6.07) is 1.44. The van der Waals surface area contributed by atoms with Crippen LogP contribution in [0.15, 0.2) is 21.6 Å². The lowest BCUT2D eigenvalue weighted by Gasteiger charge is -2.15. The Labute approximate surface area is 125 Å². The van der Waals surface area contributed by atoms with Gasteiger partial charge < -0.3 is 4.74 Å². The Kier molecular flexibility index (Phi) is 4.84. The molecule has 19 heavy (non-hydrogen) atoms. The van der Waals surface area contributed by atoms with Crippen LogP contribution in [-0.2, 0) is 14.8 Å². The van der Waals surface area contributed by atoms with Gasteiger partial charge in [-0.25, -0.2) is 18.1 Å². The Morgan fingerprint density at radius 1 is 1.63 bits per heavy atom. The third-order valence-electron chi connectivity index (χ3n) is 3.13. The summed E-state index contributed by atoms with van der Waals surface area (Å²) >= 11 is 9.01. The van der Waals surface area contributed by atoms with Crippen molar-refractivity contribution in [2.75, 3.05) is 13.2 Å². The minimum atomic E-state index is -3.65. The van der Waals surface area contributed by atoms with Crippen molar-refractivity contribution in [1.29, 1.82) is 0 Å². The Morgan fingerprint density at radius 2 is 2.37 bits per heavy atom. The molecule has 0 spiro atoms. The number of nitrogens with one attached hydrogen (secondary N) is 1. The van der Waals surface area contributed by atoms with Gasteiger partial charge in [-0.15, -0.1) is 0 Å². The number of halogens is 2. The molecule has 1 aromatic heterocycles. The summed E-state index contributed by atoms with van der Waals surface area (Å²) in [5, 5.41) is -0.0357. The molecule has 0 bridgehead atoms. The maximum atomic E-state index is 12.2. The summed E-state index contributed by atoms with van der Waals surface area (Å²) in [6.45, 7) is 2.96. The average molecular weight is 370 g/mol. The van der Waals surface area contributed by atoms with Crippen molar-refractivity contribution in [2.24, 2.45) is 5.92 Å². The molecule has 0 aromatic carbocycles. The first kappa shape index (κ1) is 15.2. The van der Waals surface area contributed by atoms with E-state index >= 15 is 0 Å². The molecule has 1 aliphatic heterocycles. The van der Waals surface area contributed by atoms with Crippen LogP contribution < -0.4 is 4.72 Å². The van der Waals surface area contributed by atoms with Gasteiger partial charge in [-0.1, -0.05) is 11.6 Å². The summed E-state index contributed by atoms with van der Waals surface area (Å²) in [6.07, 6.45) is 2.38. The lowest BCUT2D eigenvalue weighted by molar-refractivity contribution is 0.107. The molecule has 0 aliphatic carbocycles. The molecule has 0 amide bonds. The summed E-state index contributed by atoms with van der Waals surface area (Å²) in [5.74, 6) is 0.189. The molecule has 1 aliphatic rings. The minimum absolute atomic E-state index is 0.0184. The van der Waals surface area contributed by atoms with Gasteiger partial charge in [-0.3, -0.25) is 0 Å². The van der Waals surface area contributed by atoms with Crippen molar-refractivity contribution in [1.82, 2.24) is 9.71 Å². The first-order chi connectivity index (χ1) is 8.90. The Balaban J connectivity index is 2.12. The van der Waals surface area contributed by atoms with Gasteiger partial charge in [0.05, 0.1) is 6.10 Å². The molecule has 106 valence electrons. The van der Waals surface area contributed by atoms with E-state index in [1.54, 1.807) is 0 Å². The monoisotopic (exact) mass is 368 g/mol. The SMILES string of the molecule is CC1OCCC1CNS(=O)(=O)c1cc(Br)cnc1Cl. The quantitative estimate of drug-likeness (QED) is 0.826. The van der Waals surface area contributed by atoms with E-state index in [1.165, 1.54) is 12.3 Å². The van der Waals surface area contributed by atoms with E-state index < -0.39 is 10.0 Å². The Morgan fingerprint density at radius 3 is 3.00 bits per heavy atom. The smallest absolute Gasteiger partial charge is 0.243 e. The maximum Gasteiger partial charge on any atom is 0.243 e. The molecule has 1 aromatic rings. The van der Waals surface area contributed by atoms with Crippen LogP contribution in [0, 0.1) is 5.92 Å². The molecule has 2 heterocycles. The highest BCUT2D eigenvalue weighted by Crippen LogP contribution is 2.24. The van der Waals surface area contributed by atoms with Gasteiger partial charge in [0.1, 0.15) is 10.0 Å². The van der Waals surface area contributed by atoms with Crippen molar-refractivity contribution in [3.05, 3.63) is 21.9 Å². The van der Waals surface area contributed by atoms with Gasteiger partial charge >= 0.3 is 0 Å². The van der Waals surface area contributed by atoms with Crippen LogP contribution >= 0.6 is 27.5 Å². The van der Waals surface area contributed by atoms with E-state index in [0.29, 0.717) is 17.6 Å². The fourth-order valence-electron chi connectivity index (χ4n) is 1.93. The fraction of sp³-hybridized carbons (Fsp3) is 0.545. The molecule has 5 nitrogen and oxygen atoms in total. The molecule has 2 unspecified atom stereocenters. The van der Waals surface area contributed by atoms with Crippen molar-refractivity contribution < 1.29 is 13.2 Å². The van der Waals surface area contributed by atoms with E-state index in [2.05, 4.69) is 25.6 Å². The van der Waals surface area contributed by atoms with E-state index in [4.69, 9.17) is 16.3 Å². The standard InChI is InChI=1S/C11H14BrClN2O3S/c1-7-8(2-3-18-7)5-15-19(16,17)10-4-9(12)6-14-11(10)13/h4,6-8,15H,2-3,5H2,1H3. The van der Waals surface area contributed by atoms with Gasteiger partial charge in [-0.2, -0.15) is 0 Å². The van der Waals surface area contributed by atoms with Gasteiger partial charge in [0.25, 0.3) is 0 Å². The molecule has 2 rings (SSSR count). The molecular weight excluding hydrogens is 356 g/mol. The van der Waals surface area contributed by atoms with E-state index in [9.17, 15) is 8.42 Å². The predicted molar refractivity (Wildman–Crippen MR) is 75.7 cm³/mol. The number of hydrogen-bond acceptors (Lipinski definition) is 4. The van der Waals surface area contributed by atoms with E-state index in [1.807, 2.05) is 6.92 Å². The zero-order chi connectivity index (χ0) is 14.0. The summed E-state index contributed by atoms with van der Waals surface area (Å²) in [4.78, 5) is 3.80. The lowest BCUT2D eigenvalue weighted by atomic mass is 10.0. The van der Waals surface area contributed by atoms with Crippen molar-refractivity contribution in [2.45, 2.75) is 24.3 Å². The Hall–Kier alpha value is -0.210.